The summed E-state index contributed by atoms with van der Waals surface area (Å²) in [6.45, 7) is 0. The van der Waals surface area contributed by atoms with E-state index < -0.39 is 15.5 Å². The van der Waals surface area contributed by atoms with Gasteiger partial charge in [0, 0.05) is 10.9 Å². The van der Waals surface area contributed by atoms with Gasteiger partial charge in [0.1, 0.15) is 0 Å². The van der Waals surface area contributed by atoms with E-state index in [9.17, 15) is 9.59 Å². The van der Waals surface area contributed by atoms with E-state index in [0.29, 0.717) is 21.9 Å². The number of hydrogen-bond acceptors (Lipinski definition) is 5. The standard InChI is InChI=1S/C12H6Cl3N3O3S/c13-12(14,15)9(19)18-10-16-7(4-22-10)5-1-2-8-6(3-5)17-11(20)21-8/h1-4H,(H,17,20)(H,16,18,19). The van der Waals surface area contributed by atoms with Gasteiger partial charge in [-0.25, -0.2) is 9.78 Å². The molecule has 6 nitrogen and oxygen atoms in total. The summed E-state index contributed by atoms with van der Waals surface area (Å²) in [6.07, 6.45) is 0. The molecule has 2 N–H and O–H groups in total. The largest absolute Gasteiger partial charge is 0.417 e. The van der Waals surface area contributed by atoms with Gasteiger partial charge in [0.15, 0.2) is 10.7 Å². The topological polar surface area (TPSA) is 88.0 Å². The molecule has 1 amide bonds. The molecule has 2 heterocycles. The number of halogens is 3. The monoisotopic (exact) mass is 377 g/mol. The molecule has 2 aromatic heterocycles. The summed E-state index contributed by atoms with van der Waals surface area (Å²) in [5.41, 5.74) is 2.36. The number of hydrogen-bond donors (Lipinski definition) is 2. The number of oxazole rings is 1. The van der Waals surface area contributed by atoms with Crippen LogP contribution in [-0.2, 0) is 4.79 Å². The van der Waals surface area contributed by atoms with Gasteiger partial charge in [0.05, 0.1) is 11.2 Å². The number of thiazole rings is 1. The number of fused-ring (bicyclic) bond motifs is 1. The van der Waals surface area contributed by atoms with E-state index in [-0.39, 0.29) is 0 Å². The minimum Gasteiger partial charge on any atom is -0.408 e. The van der Waals surface area contributed by atoms with Gasteiger partial charge in [-0.1, -0.05) is 34.8 Å². The zero-order valence-electron chi connectivity index (χ0n) is 10.5. The molecule has 0 fully saturated rings. The van der Waals surface area contributed by atoms with E-state index in [4.69, 9.17) is 39.2 Å². The minimum atomic E-state index is -2.05. The summed E-state index contributed by atoms with van der Waals surface area (Å²) in [7, 11) is 0. The Morgan fingerprint density at radius 2 is 2.14 bits per heavy atom. The number of aromatic nitrogens is 2. The summed E-state index contributed by atoms with van der Waals surface area (Å²) in [6, 6.07) is 5.12. The number of nitrogens with zero attached hydrogens (tertiary/aromatic N) is 1. The van der Waals surface area contributed by atoms with Crippen molar-refractivity contribution in [2.45, 2.75) is 3.79 Å². The molecule has 22 heavy (non-hydrogen) atoms. The molecule has 114 valence electrons. The van der Waals surface area contributed by atoms with Crippen LogP contribution in [0.3, 0.4) is 0 Å². The third-order valence-corrected chi connectivity index (χ3v) is 3.97. The lowest BCUT2D eigenvalue weighted by Gasteiger charge is -2.08. The summed E-state index contributed by atoms with van der Waals surface area (Å²) < 4.78 is 2.87. The third kappa shape index (κ3) is 3.12. The predicted molar refractivity (Wildman–Crippen MR) is 86.9 cm³/mol. The molecule has 0 radical (unpaired) electrons. The summed E-state index contributed by atoms with van der Waals surface area (Å²) in [4.78, 5) is 29.5. The van der Waals surface area contributed by atoms with E-state index in [1.54, 1.807) is 23.6 Å². The lowest BCUT2D eigenvalue weighted by atomic mass is 10.1. The van der Waals surface area contributed by atoms with Crippen LogP contribution in [0.5, 0.6) is 0 Å². The highest BCUT2D eigenvalue weighted by atomic mass is 35.6. The quantitative estimate of drug-likeness (QED) is 0.667. The fraction of sp³-hybridized carbons (Fsp3) is 0.0833. The van der Waals surface area contributed by atoms with Gasteiger partial charge in [-0.2, -0.15) is 0 Å². The molecule has 0 saturated carbocycles. The molecule has 0 aliphatic rings. The number of rotatable bonds is 2. The molecule has 3 rings (SSSR count). The zero-order valence-corrected chi connectivity index (χ0v) is 13.6. The van der Waals surface area contributed by atoms with Crippen molar-refractivity contribution in [3.05, 3.63) is 34.1 Å². The fourth-order valence-corrected chi connectivity index (χ4v) is 2.60. The lowest BCUT2D eigenvalue weighted by Crippen LogP contribution is -2.26. The first-order valence-corrected chi connectivity index (χ1v) is 7.81. The molecule has 0 atom stereocenters. The van der Waals surface area contributed by atoms with Crippen molar-refractivity contribution >= 4 is 68.3 Å². The number of aromatic amines is 1. The summed E-state index contributed by atoms with van der Waals surface area (Å²) in [5.74, 6) is -1.31. The summed E-state index contributed by atoms with van der Waals surface area (Å²) >= 11 is 17.6. The lowest BCUT2D eigenvalue weighted by molar-refractivity contribution is -0.115. The number of anilines is 1. The Morgan fingerprint density at radius 1 is 1.36 bits per heavy atom. The molecule has 0 unspecified atom stereocenters. The van der Waals surface area contributed by atoms with Gasteiger partial charge in [-0.15, -0.1) is 11.3 Å². The first-order chi connectivity index (χ1) is 10.3. The van der Waals surface area contributed by atoms with Crippen molar-refractivity contribution in [3.8, 4) is 11.3 Å². The zero-order chi connectivity index (χ0) is 15.9. The average molecular weight is 379 g/mol. The smallest absolute Gasteiger partial charge is 0.408 e. The van der Waals surface area contributed by atoms with E-state index >= 15 is 0 Å². The van der Waals surface area contributed by atoms with E-state index in [0.717, 1.165) is 5.56 Å². The number of carbonyl (C=O) groups is 1. The molecule has 10 heteroatoms. The normalized spacial score (nSPS) is 11.8. The number of alkyl halides is 3. The van der Waals surface area contributed by atoms with Crippen LogP contribution in [0.15, 0.2) is 32.8 Å². The first-order valence-electron chi connectivity index (χ1n) is 5.80. The molecule has 0 aliphatic carbocycles. The Kier molecular flexibility index (Phi) is 3.90. The van der Waals surface area contributed by atoms with Gasteiger partial charge < -0.3 is 4.42 Å². The molecule has 0 spiro atoms. The summed E-state index contributed by atoms with van der Waals surface area (Å²) in [5, 5.41) is 4.44. The van der Waals surface area contributed by atoms with E-state index in [1.165, 1.54) is 11.3 Å². The van der Waals surface area contributed by atoms with E-state index in [1.807, 2.05) is 0 Å². The van der Waals surface area contributed by atoms with Crippen molar-refractivity contribution in [2.24, 2.45) is 0 Å². The second-order valence-electron chi connectivity index (χ2n) is 4.22. The molecule has 1 aromatic carbocycles. The SMILES string of the molecule is O=C(Nc1nc(-c2ccc3oc(=O)[nH]c3c2)cs1)C(Cl)(Cl)Cl. The van der Waals surface area contributed by atoms with Crippen molar-refractivity contribution in [3.63, 3.8) is 0 Å². The van der Waals surface area contributed by atoms with Crippen molar-refractivity contribution in [2.75, 3.05) is 5.32 Å². The fourth-order valence-electron chi connectivity index (χ4n) is 1.74. The van der Waals surface area contributed by atoms with Crippen molar-refractivity contribution < 1.29 is 9.21 Å². The van der Waals surface area contributed by atoms with Gasteiger partial charge in [-0.05, 0) is 18.2 Å². The number of H-pyrrole nitrogens is 1. The van der Waals surface area contributed by atoms with Crippen LogP contribution in [0.4, 0.5) is 5.13 Å². The minimum absolute atomic E-state index is 0.298. The van der Waals surface area contributed by atoms with E-state index in [2.05, 4.69) is 15.3 Å². The second kappa shape index (κ2) is 5.58. The van der Waals surface area contributed by atoms with Gasteiger partial charge >= 0.3 is 5.76 Å². The Morgan fingerprint density at radius 3 is 2.86 bits per heavy atom. The van der Waals surface area contributed by atoms with Crippen molar-refractivity contribution in [1.29, 1.82) is 0 Å². The Hall–Kier alpha value is -1.54. The maximum absolute atomic E-state index is 11.6. The Labute approximate surface area is 142 Å². The molecule has 0 aliphatic heterocycles. The van der Waals surface area contributed by atoms with Gasteiger partial charge in [0.25, 0.3) is 9.70 Å². The Balaban J connectivity index is 1.88. The number of carbonyl (C=O) groups excluding carboxylic acids is 1. The van der Waals surface area contributed by atoms with Crippen LogP contribution < -0.4 is 11.1 Å². The highest BCUT2D eigenvalue weighted by Crippen LogP contribution is 2.30. The molecule has 0 saturated heterocycles. The maximum atomic E-state index is 11.6. The second-order valence-corrected chi connectivity index (χ2v) is 7.35. The highest BCUT2D eigenvalue weighted by molar-refractivity contribution is 7.14. The number of amides is 1. The number of benzene rings is 1. The third-order valence-electron chi connectivity index (χ3n) is 2.70. The van der Waals surface area contributed by atoms with Crippen LogP contribution in [-0.4, -0.2) is 19.7 Å². The number of nitrogens with one attached hydrogen (secondary N) is 2. The van der Waals surface area contributed by atoms with Gasteiger partial charge in [-0.3, -0.25) is 15.1 Å². The Bertz CT molecular complexity index is 909. The van der Waals surface area contributed by atoms with Crippen LogP contribution in [0, 0.1) is 0 Å². The predicted octanol–water partition coefficient (Wildman–Crippen LogP) is 3.55. The molecule has 3 aromatic rings. The van der Waals surface area contributed by atoms with Gasteiger partial charge in [0.2, 0.25) is 0 Å². The molecular formula is C12H6Cl3N3O3S. The highest BCUT2D eigenvalue weighted by Gasteiger charge is 2.31. The van der Waals surface area contributed by atoms with Crippen LogP contribution in [0.25, 0.3) is 22.4 Å². The first kappa shape index (κ1) is 15.4. The maximum Gasteiger partial charge on any atom is 0.417 e. The molecular weight excluding hydrogens is 373 g/mol. The van der Waals surface area contributed by atoms with Crippen LogP contribution in [0.2, 0.25) is 0 Å². The average Bonchev–Trinajstić information content (AvgIpc) is 3.01. The molecule has 0 bridgehead atoms. The van der Waals surface area contributed by atoms with Crippen LogP contribution >= 0.6 is 46.1 Å². The van der Waals surface area contributed by atoms with Crippen LogP contribution in [0.1, 0.15) is 0 Å². The van der Waals surface area contributed by atoms with Crippen molar-refractivity contribution in [1.82, 2.24) is 9.97 Å².